The van der Waals surface area contributed by atoms with Gasteiger partial charge in [-0.3, -0.25) is 19.9 Å². The Labute approximate surface area is 255 Å². The fourth-order valence-electron chi connectivity index (χ4n) is 5.79. The molecule has 4 aromatic rings. The van der Waals surface area contributed by atoms with Crippen LogP contribution in [-0.2, 0) is 11.2 Å². The van der Waals surface area contributed by atoms with Gasteiger partial charge >= 0.3 is 0 Å². The number of nitro benzene ring substituents is 1. The lowest BCUT2D eigenvalue weighted by Gasteiger charge is -2.28. The van der Waals surface area contributed by atoms with Gasteiger partial charge in [-0.25, -0.2) is 0 Å². The van der Waals surface area contributed by atoms with Gasteiger partial charge in [0.25, 0.3) is 5.69 Å². The van der Waals surface area contributed by atoms with E-state index in [4.69, 9.17) is 17.0 Å². The summed E-state index contributed by atoms with van der Waals surface area (Å²) in [4.78, 5) is 31.0. The molecule has 10 nitrogen and oxygen atoms in total. The van der Waals surface area contributed by atoms with Gasteiger partial charge in [-0.2, -0.15) is 0 Å². The number of ether oxygens (including phenoxy) is 1. The second-order valence-corrected chi connectivity index (χ2v) is 10.8. The van der Waals surface area contributed by atoms with Crippen molar-refractivity contribution in [3.63, 3.8) is 0 Å². The molecule has 2 atom stereocenters. The molecule has 0 unspecified atom stereocenters. The van der Waals surface area contributed by atoms with Crippen molar-refractivity contribution < 1.29 is 14.5 Å². The van der Waals surface area contributed by atoms with Crippen molar-refractivity contribution in [2.45, 2.75) is 45.7 Å². The van der Waals surface area contributed by atoms with Crippen molar-refractivity contribution in [3.8, 4) is 11.4 Å². The SMILES string of the molecule is CCc1ccccc1NC(=O)CCN1C(=S)N[C@@H](c2ccccn2)[C@@H]1c1cc(C)n(-c2cc([N+](=O)[O-])ccc2OC)c1C. The van der Waals surface area contributed by atoms with Crippen LogP contribution in [0.25, 0.3) is 5.69 Å². The molecule has 0 spiro atoms. The van der Waals surface area contributed by atoms with Crippen molar-refractivity contribution in [2.75, 3.05) is 19.0 Å². The number of methoxy groups -OCH3 is 1. The smallest absolute Gasteiger partial charge is 0.271 e. The summed E-state index contributed by atoms with van der Waals surface area (Å²) < 4.78 is 7.56. The highest BCUT2D eigenvalue weighted by Crippen LogP contribution is 2.42. The number of benzene rings is 2. The second-order valence-electron chi connectivity index (χ2n) is 10.4. The quantitative estimate of drug-likeness (QED) is 0.130. The Bertz CT molecular complexity index is 1670. The predicted octanol–water partition coefficient (Wildman–Crippen LogP) is 5.97. The van der Waals surface area contributed by atoms with Gasteiger partial charge in [0.2, 0.25) is 5.91 Å². The van der Waals surface area contributed by atoms with E-state index in [1.54, 1.807) is 19.4 Å². The van der Waals surface area contributed by atoms with E-state index in [0.29, 0.717) is 23.1 Å². The standard InChI is InChI=1S/C32H34N6O4S/c1-5-22-10-6-7-11-25(22)34-29(39)15-17-36-31(30(35-32(36)43)26-12-8-9-16-33-26)24-18-20(2)37(21(24)3)27-19-23(38(40)41)13-14-28(27)42-4/h6-14,16,18-19,30-31H,5,15,17H2,1-4H3,(H,34,39)(H,35,43)/t30-,31-/m0/s1. The largest absolute Gasteiger partial charge is 0.495 e. The highest BCUT2D eigenvalue weighted by atomic mass is 32.1. The first kappa shape index (κ1) is 29.7. The molecule has 0 bridgehead atoms. The number of hydrogen-bond acceptors (Lipinski definition) is 6. The van der Waals surface area contributed by atoms with Crippen molar-refractivity contribution in [1.82, 2.24) is 19.8 Å². The molecule has 1 saturated heterocycles. The summed E-state index contributed by atoms with van der Waals surface area (Å²) >= 11 is 5.83. The minimum Gasteiger partial charge on any atom is -0.495 e. The van der Waals surface area contributed by atoms with Gasteiger partial charge in [0.05, 0.1) is 35.5 Å². The lowest BCUT2D eigenvalue weighted by atomic mass is 9.96. The zero-order valence-corrected chi connectivity index (χ0v) is 25.4. The summed E-state index contributed by atoms with van der Waals surface area (Å²) in [6.45, 7) is 6.36. The Morgan fingerprint density at radius 3 is 2.60 bits per heavy atom. The van der Waals surface area contributed by atoms with Gasteiger partial charge < -0.3 is 24.8 Å². The first-order valence-corrected chi connectivity index (χ1v) is 14.5. The number of pyridine rings is 1. The minimum atomic E-state index is -0.417. The van der Waals surface area contributed by atoms with Gasteiger partial charge in [-0.15, -0.1) is 0 Å². The summed E-state index contributed by atoms with van der Waals surface area (Å²) in [5, 5.41) is 18.6. The summed E-state index contributed by atoms with van der Waals surface area (Å²) in [7, 11) is 1.54. The van der Waals surface area contributed by atoms with E-state index in [1.807, 2.05) is 65.8 Å². The minimum absolute atomic E-state index is 0.0304. The molecule has 2 aromatic heterocycles. The van der Waals surface area contributed by atoms with Crippen molar-refractivity contribution in [3.05, 3.63) is 111 Å². The third kappa shape index (κ3) is 5.94. The summed E-state index contributed by atoms with van der Waals surface area (Å²) in [5.41, 5.74) is 5.96. The van der Waals surface area contributed by atoms with E-state index in [1.165, 1.54) is 12.1 Å². The summed E-state index contributed by atoms with van der Waals surface area (Å²) in [5.74, 6) is 0.414. The molecule has 1 aliphatic heterocycles. The molecular weight excluding hydrogens is 564 g/mol. The second kappa shape index (κ2) is 12.6. The van der Waals surface area contributed by atoms with Crippen LogP contribution in [0.3, 0.4) is 0 Å². The molecule has 1 aliphatic rings. The zero-order chi connectivity index (χ0) is 30.7. The molecule has 2 N–H and O–H groups in total. The molecule has 222 valence electrons. The van der Waals surface area contributed by atoms with E-state index in [0.717, 1.165) is 40.3 Å². The number of nitro groups is 1. The Morgan fingerprint density at radius 1 is 1.14 bits per heavy atom. The van der Waals surface area contributed by atoms with E-state index >= 15 is 0 Å². The number of amides is 1. The van der Waals surface area contributed by atoms with Crippen LogP contribution < -0.4 is 15.4 Å². The van der Waals surface area contributed by atoms with E-state index in [2.05, 4.69) is 28.6 Å². The Kier molecular flexibility index (Phi) is 8.72. The van der Waals surface area contributed by atoms with Crippen LogP contribution in [0.15, 0.2) is 72.9 Å². The van der Waals surface area contributed by atoms with Crippen LogP contribution in [0.1, 0.15) is 53.6 Å². The fraction of sp³-hybridized carbons (Fsp3) is 0.281. The highest BCUT2D eigenvalue weighted by molar-refractivity contribution is 7.80. The zero-order valence-electron chi connectivity index (χ0n) is 24.5. The predicted molar refractivity (Wildman–Crippen MR) is 170 cm³/mol. The maximum absolute atomic E-state index is 13.1. The number of rotatable bonds is 10. The third-order valence-corrected chi connectivity index (χ3v) is 8.21. The Balaban J connectivity index is 1.52. The normalized spacial score (nSPS) is 16.2. The van der Waals surface area contributed by atoms with Crippen molar-refractivity contribution >= 4 is 34.6 Å². The van der Waals surface area contributed by atoms with Gasteiger partial charge in [-0.05, 0) is 73.9 Å². The molecule has 1 amide bonds. The topological polar surface area (TPSA) is 115 Å². The van der Waals surface area contributed by atoms with Crippen LogP contribution in [-0.4, -0.2) is 44.0 Å². The molecule has 0 aliphatic carbocycles. The van der Waals surface area contributed by atoms with Gasteiger partial charge in [0.1, 0.15) is 5.75 Å². The number of hydrogen-bond donors (Lipinski definition) is 2. The fourth-order valence-corrected chi connectivity index (χ4v) is 6.13. The molecule has 5 rings (SSSR count). The molecule has 11 heteroatoms. The number of anilines is 1. The number of nitrogens with zero attached hydrogens (tertiary/aromatic N) is 4. The number of non-ortho nitro benzene ring substituents is 1. The number of nitrogens with one attached hydrogen (secondary N) is 2. The molecule has 2 aromatic carbocycles. The van der Waals surface area contributed by atoms with Crippen molar-refractivity contribution in [1.29, 1.82) is 0 Å². The van der Waals surface area contributed by atoms with E-state index < -0.39 is 4.92 Å². The van der Waals surface area contributed by atoms with E-state index in [-0.39, 0.29) is 30.1 Å². The Morgan fingerprint density at radius 2 is 1.91 bits per heavy atom. The molecule has 0 saturated carbocycles. The van der Waals surface area contributed by atoms with E-state index in [9.17, 15) is 14.9 Å². The van der Waals surface area contributed by atoms with Crippen LogP contribution >= 0.6 is 12.2 Å². The van der Waals surface area contributed by atoms with Crippen LogP contribution in [0.4, 0.5) is 11.4 Å². The maximum atomic E-state index is 13.1. The lowest BCUT2D eigenvalue weighted by molar-refractivity contribution is -0.384. The average molecular weight is 599 g/mol. The highest BCUT2D eigenvalue weighted by Gasteiger charge is 2.41. The van der Waals surface area contributed by atoms with Gasteiger partial charge in [0, 0.05) is 48.4 Å². The number of para-hydroxylation sites is 1. The third-order valence-electron chi connectivity index (χ3n) is 7.85. The average Bonchev–Trinajstić information content (AvgIpc) is 3.50. The maximum Gasteiger partial charge on any atom is 0.271 e. The number of thiocarbonyl (C=S) groups is 1. The van der Waals surface area contributed by atoms with Crippen LogP contribution in [0, 0.1) is 24.0 Å². The molecule has 3 heterocycles. The van der Waals surface area contributed by atoms with Gasteiger partial charge in [-0.1, -0.05) is 31.2 Å². The molecule has 43 heavy (non-hydrogen) atoms. The van der Waals surface area contributed by atoms with Gasteiger partial charge in [0.15, 0.2) is 5.11 Å². The number of aromatic nitrogens is 2. The number of carbonyl (C=O) groups excluding carboxylic acids is 1. The monoisotopic (exact) mass is 598 g/mol. The Hall–Kier alpha value is -4.77. The first-order chi connectivity index (χ1) is 20.7. The molecular formula is C32H34N6O4S. The summed E-state index contributed by atoms with van der Waals surface area (Å²) in [6, 6.07) is 19.6. The number of carbonyl (C=O) groups is 1. The van der Waals surface area contributed by atoms with Crippen LogP contribution in [0.2, 0.25) is 0 Å². The number of aryl methyl sites for hydroxylation is 2. The van der Waals surface area contributed by atoms with Crippen LogP contribution in [0.5, 0.6) is 5.75 Å². The first-order valence-electron chi connectivity index (χ1n) is 14.1. The summed E-state index contributed by atoms with van der Waals surface area (Å²) in [6.07, 6.45) is 2.79. The molecule has 0 radical (unpaired) electrons. The molecule has 1 fully saturated rings. The van der Waals surface area contributed by atoms with Crippen molar-refractivity contribution in [2.24, 2.45) is 0 Å². The lowest BCUT2D eigenvalue weighted by Crippen LogP contribution is -2.33.